The molecule has 26 heavy (non-hydrogen) atoms. The first-order valence-electron chi connectivity index (χ1n) is 8.91. The van der Waals surface area contributed by atoms with Gasteiger partial charge in [0.05, 0.1) is 0 Å². The first kappa shape index (κ1) is 17.9. The van der Waals surface area contributed by atoms with Crippen molar-refractivity contribution in [1.82, 2.24) is 15.2 Å². The molecule has 2 heterocycles. The number of carbonyl (C=O) groups is 2. The molecule has 1 aliphatic heterocycles. The van der Waals surface area contributed by atoms with E-state index in [1.165, 1.54) is 11.9 Å². The average Bonchev–Trinajstić information content (AvgIpc) is 2.68. The molecule has 1 aromatic carbocycles. The van der Waals surface area contributed by atoms with Crippen LogP contribution in [0.5, 0.6) is 0 Å². The molecule has 0 unspecified atom stereocenters. The number of nitrogens with zero attached hydrogens (tertiary/aromatic N) is 3. The number of benzene rings is 1. The van der Waals surface area contributed by atoms with Gasteiger partial charge in [0.15, 0.2) is 0 Å². The first-order valence-corrected chi connectivity index (χ1v) is 8.91. The molecule has 0 radical (unpaired) electrons. The molecule has 3 rings (SSSR count). The Labute approximate surface area is 153 Å². The van der Waals surface area contributed by atoms with Gasteiger partial charge in [-0.1, -0.05) is 18.2 Å². The Morgan fingerprint density at radius 3 is 2.38 bits per heavy atom. The minimum Gasteiger partial charge on any atom is -0.368 e. The lowest BCUT2D eigenvalue weighted by Gasteiger charge is -2.36. The topological polar surface area (TPSA) is 65.5 Å². The zero-order valence-corrected chi connectivity index (χ0v) is 15.2. The van der Waals surface area contributed by atoms with E-state index in [0.717, 1.165) is 13.1 Å². The number of aromatic nitrogens is 1. The van der Waals surface area contributed by atoms with Gasteiger partial charge in [-0.2, -0.15) is 0 Å². The summed E-state index contributed by atoms with van der Waals surface area (Å²) in [5.41, 5.74) is 1.95. The normalized spacial score (nSPS) is 14.4. The SMILES string of the molecule is CC(C)NC(=O)c1cc(C(=O)N2CCN(c3ccccc3)CC2)ccn1. The molecule has 2 aromatic rings. The standard InChI is InChI=1S/C20H24N4O2/c1-15(2)22-19(25)18-14-16(8-9-21-18)20(26)24-12-10-23(11-13-24)17-6-4-3-5-7-17/h3-9,14-15H,10-13H2,1-2H3,(H,22,25). The molecule has 0 aliphatic carbocycles. The van der Waals surface area contributed by atoms with Crippen LogP contribution in [0.3, 0.4) is 0 Å². The molecule has 0 saturated carbocycles. The van der Waals surface area contributed by atoms with Gasteiger partial charge >= 0.3 is 0 Å². The van der Waals surface area contributed by atoms with Crippen molar-refractivity contribution < 1.29 is 9.59 Å². The van der Waals surface area contributed by atoms with Crippen LogP contribution in [0.4, 0.5) is 5.69 Å². The number of piperazine rings is 1. The van der Waals surface area contributed by atoms with Crippen molar-refractivity contribution in [3.05, 3.63) is 59.9 Å². The largest absolute Gasteiger partial charge is 0.368 e. The van der Waals surface area contributed by atoms with Crippen molar-refractivity contribution in [3.63, 3.8) is 0 Å². The second kappa shape index (κ2) is 7.99. The lowest BCUT2D eigenvalue weighted by molar-refractivity contribution is 0.0746. The van der Waals surface area contributed by atoms with Gasteiger partial charge in [-0.25, -0.2) is 0 Å². The molecular weight excluding hydrogens is 328 g/mol. The molecule has 1 N–H and O–H groups in total. The molecule has 1 fully saturated rings. The number of carbonyl (C=O) groups excluding carboxylic acids is 2. The molecule has 136 valence electrons. The summed E-state index contributed by atoms with van der Waals surface area (Å²) in [4.78, 5) is 33.1. The van der Waals surface area contributed by atoms with E-state index in [1.807, 2.05) is 36.9 Å². The zero-order chi connectivity index (χ0) is 18.5. The van der Waals surface area contributed by atoms with Crippen molar-refractivity contribution in [1.29, 1.82) is 0 Å². The van der Waals surface area contributed by atoms with Gasteiger partial charge < -0.3 is 15.1 Å². The molecule has 1 saturated heterocycles. The quantitative estimate of drug-likeness (QED) is 0.916. The summed E-state index contributed by atoms with van der Waals surface area (Å²) in [6, 6.07) is 13.5. The van der Waals surface area contributed by atoms with Gasteiger partial charge in [-0.05, 0) is 38.1 Å². The Hall–Kier alpha value is -2.89. The predicted octanol–water partition coefficient (Wildman–Crippen LogP) is 2.18. The zero-order valence-electron chi connectivity index (χ0n) is 15.2. The van der Waals surface area contributed by atoms with E-state index >= 15 is 0 Å². The Kier molecular flexibility index (Phi) is 5.51. The Balaban J connectivity index is 1.64. The van der Waals surface area contributed by atoms with Crippen LogP contribution in [0.25, 0.3) is 0 Å². The summed E-state index contributed by atoms with van der Waals surface area (Å²) in [5.74, 6) is -0.317. The number of pyridine rings is 1. The number of para-hydroxylation sites is 1. The summed E-state index contributed by atoms with van der Waals surface area (Å²) in [5, 5.41) is 2.80. The fraction of sp³-hybridized carbons (Fsp3) is 0.350. The van der Waals surface area contributed by atoms with Gasteiger partial charge in [0, 0.05) is 49.7 Å². The average molecular weight is 352 g/mol. The molecule has 6 nitrogen and oxygen atoms in total. The highest BCUT2D eigenvalue weighted by molar-refractivity contribution is 5.98. The minimum absolute atomic E-state index is 0.0229. The van der Waals surface area contributed by atoms with Gasteiger partial charge in [-0.15, -0.1) is 0 Å². The van der Waals surface area contributed by atoms with E-state index in [4.69, 9.17) is 0 Å². The van der Waals surface area contributed by atoms with E-state index in [2.05, 4.69) is 27.3 Å². The van der Waals surface area contributed by atoms with E-state index in [9.17, 15) is 9.59 Å². The van der Waals surface area contributed by atoms with Crippen LogP contribution in [0.15, 0.2) is 48.7 Å². The third-order valence-corrected chi connectivity index (χ3v) is 4.35. The van der Waals surface area contributed by atoms with Crippen LogP contribution in [0.2, 0.25) is 0 Å². The van der Waals surface area contributed by atoms with E-state index in [0.29, 0.717) is 18.7 Å². The van der Waals surface area contributed by atoms with Crippen molar-refractivity contribution in [2.45, 2.75) is 19.9 Å². The minimum atomic E-state index is -0.261. The smallest absolute Gasteiger partial charge is 0.270 e. The maximum atomic E-state index is 12.8. The maximum absolute atomic E-state index is 12.8. The second-order valence-corrected chi connectivity index (χ2v) is 6.67. The highest BCUT2D eigenvalue weighted by atomic mass is 16.2. The van der Waals surface area contributed by atoms with Gasteiger partial charge in [-0.3, -0.25) is 14.6 Å². The third kappa shape index (κ3) is 4.20. The molecule has 2 amide bonds. The molecule has 0 bridgehead atoms. The summed E-state index contributed by atoms with van der Waals surface area (Å²) in [6.45, 7) is 6.68. The number of nitrogens with one attached hydrogen (secondary N) is 1. The van der Waals surface area contributed by atoms with E-state index in [-0.39, 0.29) is 23.6 Å². The number of amides is 2. The molecule has 1 aromatic heterocycles. The molecule has 6 heteroatoms. The number of hydrogen-bond acceptors (Lipinski definition) is 4. The number of anilines is 1. The van der Waals surface area contributed by atoms with E-state index in [1.54, 1.807) is 12.1 Å². The molecule has 0 spiro atoms. The number of rotatable bonds is 4. The molecule has 0 atom stereocenters. The van der Waals surface area contributed by atoms with Crippen LogP contribution < -0.4 is 10.2 Å². The van der Waals surface area contributed by atoms with Crippen molar-refractivity contribution >= 4 is 17.5 Å². The number of hydrogen-bond donors (Lipinski definition) is 1. The Morgan fingerprint density at radius 2 is 1.73 bits per heavy atom. The predicted molar refractivity (Wildman–Crippen MR) is 101 cm³/mol. The summed E-state index contributed by atoms with van der Waals surface area (Å²) in [6.07, 6.45) is 1.52. The monoisotopic (exact) mass is 352 g/mol. The first-order chi connectivity index (χ1) is 12.5. The fourth-order valence-corrected chi connectivity index (χ4v) is 3.01. The Bertz CT molecular complexity index is 768. The van der Waals surface area contributed by atoms with Crippen molar-refractivity contribution in [3.8, 4) is 0 Å². The van der Waals surface area contributed by atoms with Crippen molar-refractivity contribution in [2.24, 2.45) is 0 Å². The summed E-state index contributed by atoms with van der Waals surface area (Å²) in [7, 11) is 0. The lowest BCUT2D eigenvalue weighted by Crippen LogP contribution is -2.48. The van der Waals surface area contributed by atoms with Crippen LogP contribution in [-0.2, 0) is 0 Å². The van der Waals surface area contributed by atoms with Crippen LogP contribution in [0.1, 0.15) is 34.7 Å². The summed E-state index contributed by atoms with van der Waals surface area (Å²) >= 11 is 0. The maximum Gasteiger partial charge on any atom is 0.270 e. The van der Waals surface area contributed by atoms with Crippen LogP contribution in [0, 0.1) is 0 Å². The lowest BCUT2D eigenvalue weighted by atomic mass is 10.1. The van der Waals surface area contributed by atoms with Gasteiger partial charge in [0.25, 0.3) is 11.8 Å². The van der Waals surface area contributed by atoms with Gasteiger partial charge in [0.2, 0.25) is 0 Å². The van der Waals surface area contributed by atoms with E-state index < -0.39 is 0 Å². The van der Waals surface area contributed by atoms with Crippen molar-refractivity contribution in [2.75, 3.05) is 31.1 Å². The van der Waals surface area contributed by atoms with Crippen LogP contribution >= 0.6 is 0 Å². The molecule has 1 aliphatic rings. The highest BCUT2D eigenvalue weighted by Crippen LogP contribution is 2.17. The van der Waals surface area contributed by atoms with Crippen LogP contribution in [-0.4, -0.2) is 53.9 Å². The van der Waals surface area contributed by atoms with Gasteiger partial charge in [0.1, 0.15) is 5.69 Å². The highest BCUT2D eigenvalue weighted by Gasteiger charge is 2.23. The second-order valence-electron chi connectivity index (χ2n) is 6.67. The Morgan fingerprint density at radius 1 is 1.04 bits per heavy atom. The third-order valence-electron chi connectivity index (χ3n) is 4.35. The summed E-state index contributed by atoms with van der Waals surface area (Å²) < 4.78 is 0. The molecular formula is C20H24N4O2. The fourth-order valence-electron chi connectivity index (χ4n) is 3.01.